The van der Waals surface area contributed by atoms with Crippen LogP contribution in [0.3, 0.4) is 0 Å². The van der Waals surface area contributed by atoms with Crippen LogP contribution in [-0.2, 0) is 29.0 Å². The van der Waals surface area contributed by atoms with Crippen LogP contribution in [0.4, 0.5) is 11.5 Å². The number of hydrogen-bond acceptors (Lipinski definition) is 5. The van der Waals surface area contributed by atoms with Crippen LogP contribution in [0, 0.1) is 5.92 Å². The van der Waals surface area contributed by atoms with Crippen molar-refractivity contribution in [3.63, 3.8) is 0 Å². The lowest BCUT2D eigenvalue weighted by molar-refractivity contribution is -0.129. The van der Waals surface area contributed by atoms with Gasteiger partial charge in [-0.1, -0.05) is 12.1 Å². The smallest absolute Gasteiger partial charge is 0.219 e. The van der Waals surface area contributed by atoms with Gasteiger partial charge in [0.05, 0.1) is 24.9 Å². The predicted octanol–water partition coefficient (Wildman–Crippen LogP) is 4.16. The standard InChI is InChI=1S/C26H32N6O2/c1-18(33)30-12-10-25-23(16-30)26(29-31(25)15-19-7-8-19)28-21-5-2-4-20(14-21)24-9-11-27-32(24)22-6-3-13-34-17-22/h2,4-5,9,11,14,19,22H,3,6-8,10,12-13,15-17H2,1H3,(H,28,29). The molecule has 1 amide bonds. The molecule has 1 atom stereocenters. The third-order valence-electron chi connectivity index (χ3n) is 7.28. The number of aromatic nitrogens is 4. The highest BCUT2D eigenvalue weighted by Gasteiger charge is 2.29. The number of nitrogens with one attached hydrogen (secondary N) is 1. The minimum absolute atomic E-state index is 0.119. The van der Waals surface area contributed by atoms with Gasteiger partial charge in [-0.25, -0.2) is 0 Å². The number of hydrogen-bond donors (Lipinski definition) is 1. The monoisotopic (exact) mass is 460 g/mol. The molecule has 1 N–H and O–H groups in total. The Hall–Kier alpha value is -3.13. The van der Waals surface area contributed by atoms with Crippen LogP contribution in [0.2, 0.25) is 0 Å². The molecule has 8 heteroatoms. The van der Waals surface area contributed by atoms with Gasteiger partial charge >= 0.3 is 0 Å². The van der Waals surface area contributed by atoms with Crippen molar-refractivity contribution in [1.82, 2.24) is 24.5 Å². The van der Waals surface area contributed by atoms with E-state index in [0.29, 0.717) is 13.2 Å². The molecule has 34 heavy (non-hydrogen) atoms. The third kappa shape index (κ3) is 4.22. The summed E-state index contributed by atoms with van der Waals surface area (Å²) in [5.41, 5.74) is 5.63. The van der Waals surface area contributed by atoms with E-state index >= 15 is 0 Å². The normalized spacial score (nSPS) is 20.3. The van der Waals surface area contributed by atoms with Gasteiger partial charge in [-0.15, -0.1) is 0 Å². The number of anilines is 2. The quantitative estimate of drug-likeness (QED) is 0.598. The molecular weight excluding hydrogens is 428 g/mol. The molecule has 6 rings (SSSR count). The first-order valence-corrected chi connectivity index (χ1v) is 12.5. The van der Waals surface area contributed by atoms with Crippen molar-refractivity contribution in [1.29, 1.82) is 0 Å². The lowest BCUT2D eigenvalue weighted by Crippen LogP contribution is -2.34. The molecule has 0 spiro atoms. The zero-order valence-corrected chi connectivity index (χ0v) is 19.7. The number of fused-ring (bicyclic) bond motifs is 1. The molecule has 178 valence electrons. The molecule has 1 unspecified atom stereocenters. The van der Waals surface area contributed by atoms with Gasteiger partial charge < -0.3 is 15.0 Å². The van der Waals surface area contributed by atoms with Gasteiger partial charge in [-0.2, -0.15) is 10.2 Å². The molecule has 0 bridgehead atoms. The van der Waals surface area contributed by atoms with E-state index in [1.807, 2.05) is 11.1 Å². The Balaban J connectivity index is 1.29. The molecule has 2 fully saturated rings. The van der Waals surface area contributed by atoms with Crippen LogP contribution in [0.5, 0.6) is 0 Å². The van der Waals surface area contributed by atoms with Crippen LogP contribution < -0.4 is 5.32 Å². The van der Waals surface area contributed by atoms with Gasteiger partial charge in [0.1, 0.15) is 0 Å². The fourth-order valence-electron chi connectivity index (χ4n) is 5.20. The summed E-state index contributed by atoms with van der Waals surface area (Å²) >= 11 is 0. The second-order valence-electron chi connectivity index (χ2n) is 9.83. The molecule has 4 heterocycles. The van der Waals surface area contributed by atoms with Crippen LogP contribution in [0.25, 0.3) is 11.3 Å². The SMILES string of the molecule is CC(=O)N1CCc2c(c(Nc3cccc(-c4ccnn4C4CCCOC4)c3)nn2CC2CC2)C1. The average molecular weight is 461 g/mol. The van der Waals surface area contributed by atoms with Crippen LogP contribution in [0.15, 0.2) is 36.5 Å². The lowest BCUT2D eigenvalue weighted by atomic mass is 10.1. The maximum Gasteiger partial charge on any atom is 0.219 e. The maximum atomic E-state index is 12.1. The zero-order chi connectivity index (χ0) is 23.1. The van der Waals surface area contributed by atoms with Crippen molar-refractivity contribution in [2.45, 2.75) is 58.2 Å². The Bertz CT molecular complexity index is 1190. The molecule has 0 radical (unpaired) electrons. The van der Waals surface area contributed by atoms with Gasteiger partial charge in [0.15, 0.2) is 5.82 Å². The lowest BCUT2D eigenvalue weighted by Gasteiger charge is -2.27. The summed E-state index contributed by atoms with van der Waals surface area (Å²) in [5.74, 6) is 1.73. The number of amides is 1. The summed E-state index contributed by atoms with van der Waals surface area (Å²) in [7, 11) is 0. The highest BCUT2D eigenvalue weighted by molar-refractivity contribution is 5.74. The number of ether oxygens (including phenoxy) is 1. The van der Waals surface area contributed by atoms with Crippen molar-refractivity contribution < 1.29 is 9.53 Å². The second-order valence-corrected chi connectivity index (χ2v) is 9.83. The highest BCUT2D eigenvalue weighted by atomic mass is 16.5. The summed E-state index contributed by atoms with van der Waals surface area (Å²) in [6.07, 6.45) is 7.47. The average Bonchev–Trinajstić information content (AvgIpc) is 3.43. The van der Waals surface area contributed by atoms with Crippen molar-refractivity contribution in [2.24, 2.45) is 5.92 Å². The molecule has 8 nitrogen and oxygen atoms in total. The van der Waals surface area contributed by atoms with E-state index in [2.05, 4.69) is 50.1 Å². The Labute approximate surface area is 199 Å². The molecular formula is C26H32N6O2. The van der Waals surface area contributed by atoms with E-state index in [1.165, 1.54) is 18.5 Å². The van der Waals surface area contributed by atoms with Gasteiger partial charge in [-0.3, -0.25) is 14.2 Å². The maximum absolute atomic E-state index is 12.1. The summed E-state index contributed by atoms with van der Waals surface area (Å²) in [6.45, 7) is 5.56. The minimum Gasteiger partial charge on any atom is -0.379 e. The van der Waals surface area contributed by atoms with E-state index in [1.54, 1.807) is 6.92 Å². The molecule has 1 aromatic carbocycles. The molecule has 1 saturated heterocycles. The van der Waals surface area contributed by atoms with Crippen LogP contribution in [0.1, 0.15) is 49.9 Å². The molecule has 3 aromatic rings. The topological polar surface area (TPSA) is 77.2 Å². The Morgan fingerprint density at radius 1 is 1.24 bits per heavy atom. The molecule has 1 aliphatic carbocycles. The van der Waals surface area contributed by atoms with E-state index in [9.17, 15) is 4.79 Å². The Kier molecular flexibility index (Phi) is 5.61. The van der Waals surface area contributed by atoms with Crippen molar-refractivity contribution in [3.8, 4) is 11.3 Å². The summed E-state index contributed by atoms with van der Waals surface area (Å²) < 4.78 is 10.00. The number of carbonyl (C=O) groups excluding carboxylic acids is 1. The minimum atomic E-state index is 0.119. The van der Waals surface area contributed by atoms with E-state index in [0.717, 1.165) is 73.2 Å². The van der Waals surface area contributed by atoms with E-state index < -0.39 is 0 Å². The van der Waals surface area contributed by atoms with Gasteiger partial charge in [0, 0.05) is 61.7 Å². The first kappa shape index (κ1) is 21.4. The van der Waals surface area contributed by atoms with Crippen molar-refractivity contribution >= 4 is 17.4 Å². The number of nitrogens with zero attached hydrogens (tertiary/aromatic N) is 5. The molecule has 2 aromatic heterocycles. The summed E-state index contributed by atoms with van der Waals surface area (Å²) in [5, 5.41) is 13.2. The van der Waals surface area contributed by atoms with E-state index in [-0.39, 0.29) is 11.9 Å². The van der Waals surface area contributed by atoms with Crippen LogP contribution in [-0.4, -0.2) is 50.1 Å². The summed E-state index contributed by atoms with van der Waals surface area (Å²) in [4.78, 5) is 14.0. The van der Waals surface area contributed by atoms with Gasteiger partial charge in [0.2, 0.25) is 5.91 Å². The molecule has 2 aliphatic heterocycles. The second kappa shape index (κ2) is 8.91. The van der Waals surface area contributed by atoms with E-state index in [4.69, 9.17) is 9.84 Å². The fourth-order valence-corrected chi connectivity index (χ4v) is 5.20. The molecule has 1 saturated carbocycles. The molecule has 3 aliphatic rings. The Morgan fingerprint density at radius 3 is 2.94 bits per heavy atom. The highest BCUT2D eigenvalue weighted by Crippen LogP contribution is 2.35. The zero-order valence-electron chi connectivity index (χ0n) is 19.7. The van der Waals surface area contributed by atoms with Crippen LogP contribution >= 0.6 is 0 Å². The summed E-state index contributed by atoms with van der Waals surface area (Å²) in [6, 6.07) is 10.8. The Morgan fingerprint density at radius 2 is 2.15 bits per heavy atom. The number of benzene rings is 1. The third-order valence-corrected chi connectivity index (χ3v) is 7.28. The fraction of sp³-hybridized carbons (Fsp3) is 0.500. The van der Waals surface area contributed by atoms with Gasteiger partial charge in [0.25, 0.3) is 0 Å². The first-order valence-electron chi connectivity index (χ1n) is 12.5. The number of carbonyl (C=O) groups is 1. The first-order chi connectivity index (χ1) is 16.7. The van der Waals surface area contributed by atoms with Crippen molar-refractivity contribution in [3.05, 3.63) is 47.8 Å². The number of rotatable bonds is 6. The predicted molar refractivity (Wildman–Crippen MR) is 130 cm³/mol. The van der Waals surface area contributed by atoms with Crippen molar-refractivity contribution in [2.75, 3.05) is 25.1 Å². The largest absolute Gasteiger partial charge is 0.379 e. The van der Waals surface area contributed by atoms with Gasteiger partial charge in [-0.05, 0) is 49.8 Å².